The quantitative estimate of drug-likeness (QED) is 0.231. The van der Waals surface area contributed by atoms with Crippen molar-refractivity contribution in [3.05, 3.63) is 14.7 Å². The highest BCUT2D eigenvalue weighted by Crippen LogP contribution is 2.33. The van der Waals surface area contributed by atoms with Crippen LogP contribution in [0.25, 0.3) is 0 Å². The molecule has 6 nitrogen and oxygen atoms in total. The van der Waals surface area contributed by atoms with Crippen LogP contribution in [0.3, 0.4) is 0 Å². The van der Waals surface area contributed by atoms with E-state index >= 15 is 0 Å². The molecule has 0 saturated heterocycles. The van der Waals surface area contributed by atoms with Gasteiger partial charge in [0.25, 0.3) is 0 Å². The second-order valence-electron chi connectivity index (χ2n) is 3.63. The summed E-state index contributed by atoms with van der Waals surface area (Å²) in [6, 6.07) is 1.31. The molecule has 10 heteroatoms. The van der Waals surface area contributed by atoms with Crippen LogP contribution in [-0.2, 0) is 10.0 Å². The highest BCUT2D eigenvalue weighted by atomic mass is 35.5. The van der Waals surface area contributed by atoms with Gasteiger partial charge in [-0.2, -0.15) is 0 Å². The minimum absolute atomic E-state index is 0.0133. The number of hydrogen-bond acceptors (Lipinski definition) is 5. The smallest absolute Gasteiger partial charge is 0.242 e. The molecule has 0 fully saturated rings. The number of nitrogens with zero attached hydrogens (tertiary/aromatic N) is 1. The van der Waals surface area contributed by atoms with E-state index in [0.717, 1.165) is 11.3 Å². The number of thiophene rings is 1. The number of sulfonamides is 1. The van der Waals surface area contributed by atoms with E-state index in [1.165, 1.54) is 6.07 Å². The van der Waals surface area contributed by atoms with E-state index in [1.807, 2.05) is 0 Å². The fourth-order valence-electron chi connectivity index (χ4n) is 1.27. The number of nitrogens with one attached hydrogen (secondary N) is 1. The number of hydrogen-bond donors (Lipinski definition) is 3. The Morgan fingerprint density at radius 1 is 1.47 bits per heavy atom. The molecular weight excluding hydrogens is 333 g/mol. The van der Waals surface area contributed by atoms with Gasteiger partial charge in [-0.3, -0.25) is 0 Å². The number of nitrogens with two attached hydrogens (primary N) is 1. The molecule has 19 heavy (non-hydrogen) atoms. The SMILES string of the molecule is NC(CCCCNS(=O)(=O)c1cc(Cl)sc1Cl)=NO. The Balaban J connectivity index is 2.46. The molecule has 0 atom stereocenters. The lowest BCUT2D eigenvalue weighted by atomic mass is 10.2. The second-order valence-corrected chi connectivity index (χ2v) is 7.66. The van der Waals surface area contributed by atoms with Crippen LogP contribution in [0.5, 0.6) is 0 Å². The largest absolute Gasteiger partial charge is 0.409 e. The Morgan fingerprint density at radius 2 is 2.16 bits per heavy atom. The molecular formula is C9H13Cl2N3O3S2. The van der Waals surface area contributed by atoms with Crippen LogP contribution in [-0.4, -0.2) is 26.0 Å². The summed E-state index contributed by atoms with van der Waals surface area (Å²) >= 11 is 12.5. The molecule has 0 aliphatic rings. The van der Waals surface area contributed by atoms with Crippen LogP contribution in [0.4, 0.5) is 0 Å². The van der Waals surface area contributed by atoms with E-state index in [9.17, 15) is 8.42 Å². The van der Waals surface area contributed by atoms with Crippen molar-refractivity contribution < 1.29 is 13.6 Å². The van der Waals surface area contributed by atoms with Gasteiger partial charge in [-0.25, -0.2) is 13.1 Å². The van der Waals surface area contributed by atoms with Crippen LogP contribution in [0, 0.1) is 0 Å². The fraction of sp³-hybridized carbons (Fsp3) is 0.444. The molecule has 0 radical (unpaired) electrons. The van der Waals surface area contributed by atoms with Crippen LogP contribution in [0.1, 0.15) is 19.3 Å². The number of rotatable bonds is 7. The number of amidine groups is 1. The summed E-state index contributed by atoms with van der Waals surface area (Å²) in [6.45, 7) is 0.241. The van der Waals surface area contributed by atoms with Gasteiger partial charge in [0.05, 0.1) is 4.34 Å². The average molecular weight is 346 g/mol. The third-order valence-corrected chi connectivity index (χ3v) is 5.41. The van der Waals surface area contributed by atoms with Crippen LogP contribution >= 0.6 is 34.5 Å². The Labute approximate surface area is 125 Å². The molecule has 1 aromatic rings. The molecule has 0 aliphatic heterocycles. The third-order valence-electron chi connectivity index (χ3n) is 2.20. The summed E-state index contributed by atoms with van der Waals surface area (Å²) in [6.07, 6.45) is 1.57. The Hall–Kier alpha value is -0.540. The lowest BCUT2D eigenvalue weighted by molar-refractivity contribution is 0.316. The third kappa shape index (κ3) is 5.15. The predicted octanol–water partition coefficient (Wildman–Crippen LogP) is 2.25. The summed E-state index contributed by atoms with van der Waals surface area (Å²) in [7, 11) is -3.64. The maximum absolute atomic E-state index is 11.9. The summed E-state index contributed by atoms with van der Waals surface area (Å²) in [5.41, 5.74) is 5.29. The van der Waals surface area contributed by atoms with Crippen molar-refractivity contribution in [1.82, 2.24) is 4.72 Å². The molecule has 0 unspecified atom stereocenters. The molecule has 0 saturated carbocycles. The van der Waals surface area contributed by atoms with Gasteiger partial charge < -0.3 is 10.9 Å². The summed E-state index contributed by atoms with van der Waals surface area (Å²) < 4.78 is 26.6. The van der Waals surface area contributed by atoms with Crippen molar-refractivity contribution in [1.29, 1.82) is 0 Å². The van der Waals surface area contributed by atoms with Crippen molar-refractivity contribution >= 4 is 50.4 Å². The minimum Gasteiger partial charge on any atom is -0.409 e. The van der Waals surface area contributed by atoms with Gasteiger partial charge in [0.2, 0.25) is 10.0 Å². The van der Waals surface area contributed by atoms with Gasteiger partial charge in [0.1, 0.15) is 15.1 Å². The van der Waals surface area contributed by atoms with Gasteiger partial charge in [-0.1, -0.05) is 28.4 Å². The number of halogens is 2. The topological polar surface area (TPSA) is 105 Å². The van der Waals surface area contributed by atoms with Gasteiger partial charge in [0, 0.05) is 13.0 Å². The van der Waals surface area contributed by atoms with Gasteiger partial charge in [-0.05, 0) is 18.9 Å². The first kappa shape index (κ1) is 16.5. The highest BCUT2D eigenvalue weighted by molar-refractivity contribution is 7.89. The minimum atomic E-state index is -3.64. The first-order valence-electron chi connectivity index (χ1n) is 5.27. The molecule has 108 valence electrons. The zero-order valence-electron chi connectivity index (χ0n) is 9.77. The van der Waals surface area contributed by atoms with Crippen LogP contribution in [0.2, 0.25) is 8.67 Å². The summed E-state index contributed by atoms with van der Waals surface area (Å²) in [5.74, 6) is 0.121. The molecule has 0 aromatic carbocycles. The van der Waals surface area contributed by atoms with Crippen molar-refractivity contribution in [2.75, 3.05) is 6.54 Å². The second kappa shape index (κ2) is 7.30. The van der Waals surface area contributed by atoms with E-state index < -0.39 is 10.0 Å². The Morgan fingerprint density at radius 3 is 2.68 bits per heavy atom. The van der Waals surface area contributed by atoms with E-state index in [-0.39, 0.29) is 21.6 Å². The van der Waals surface area contributed by atoms with Crippen molar-refractivity contribution in [3.63, 3.8) is 0 Å². The molecule has 1 aromatic heterocycles. The normalized spacial score (nSPS) is 12.8. The molecule has 0 spiro atoms. The average Bonchev–Trinajstić information content (AvgIpc) is 2.68. The van der Waals surface area contributed by atoms with Crippen molar-refractivity contribution in [2.45, 2.75) is 24.2 Å². The van der Waals surface area contributed by atoms with Crippen LogP contribution in [0.15, 0.2) is 16.1 Å². The van der Waals surface area contributed by atoms with E-state index in [2.05, 4.69) is 9.88 Å². The number of unbranched alkanes of at least 4 members (excludes halogenated alkanes) is 1. The molecule has 0 amide bonds. The Kier molecular flexibility index (Phi) is 6.34. The summed E-state index contributed by atoms with van der Waals surface area (Å²) in [5, 5.41) is 11.1. The zero-order chi connectivity index (χ0) is 14.5. The first-order valence-corrected chi connectivity index (χ1v) is 8.33. The van der Waals surface area contributed by atoms with E-state index in [4.69, 9.17) is 34.1 Å². The monoisotopic (exact) mass is 345 g/mol. The van der Waals surface area contributed by atoms with Gasteiger partial charge in [0.15, 0.2) is 0 Å². The van der Waals surface area contributed by atoms with Crippen LogP contribution < -0.4 is 10.5 Å². The fourth-order valence-corrected chi connectivity index (χ4v) is 4.50. The molecule has 0 bridgehead atoms. The van der Waals surface area contributed by atoms with Gasteiger partial charge >= 0.3 is 0 Å². The molecule has 1 rings (SSSR count). The lowest BCUT2D eigenvalue weighted by Crippen LogP contribution is -2.25. The standard InChI is InChI=1S/C9H13Cl2N3O3S2/c10-7-5-6(9(11)18-7)19(16,17)13-4-2-1-3-8(12)14-15/h5,13,15H,1-4H2,(H2,12,14). The predicted molar refractivity (Wildman–Crippen MR) is 76.8 cm³/mol. The molecule has 1 heterocycles. The van der Waals surface area contributed by atoms with E-state index in [1.54, 1.807) is 0 Å². The molecule has 4 N–H and O–H groups in total. The summed E-state index contributed by atoms with van der Waals surface area (Å²) in [4.78, 5) is -0.0133. The van der Waals surface area contributed by atoms with Crippen molar-refractivity contribution in [2.24, 2.45) is 10.9 Å². The number of oxime groups is 1. The highest BCUT2D eigenvalue weighted by Gasteiger charge is 2.20. The molecule has 0 aliphatic carbocycles. The lowest BCUT2D eigenvalue weighted by Gasteiger charge is -2.05. The van der Waals surface area contributed by atoms with E-state index in [0.29, 0.717) is 23.6 Å². The van der Waals surface area contributed by atoms with Crippen molar-refractivity contribution in [3.8, 4) is 0 Å². The first-order chi connectivity index (χ1) is 8.86. The zero-order valence-corrected chi connectivity index (χ0v) is 12.9. The Bertz CT molecular complexity index is 557. The maximum atomic E-state index is 11.9. The maximum Gasteiger partial charge on any atom is 0.242 e. The van der Waals surface area contributed by atoms with Gasteiger partial charge in [-0.15, -0.1) is 11.3 Å².